The minimum Gasteiger partial charge on any atom is -0.321 e. The summed E-state index contributed by atoms with van der Waals surface area (Å²) in [5, 5.41) is 8.93. The van der Waals surface area contributed by atoms with Crippen molar-refractivity contribution in [2.75, 3.05) is 16.0 Å². The van der Waals surface area contributed by atoms with Crippen LogP contribution in [0.3, 0.4) is 0 Å². The minimum absolute atomic E-state index is 0.241. The summed E-state index contributed by atoms with van der Waals surface area (Å²) in [7, 11) is 0. The van der Waals surface area contributed by atoms with Gasteiger partial charge in [0.2, 0.25) is 0 Å². The van der Waals surface area contributed by atoms with E-state index in [1.807, 2.05) is 53.2 Å². The van der Waals surface area contributed by atoms with Crippen LogP contribution < -0.4 is 16.0 Å². The van der Waals surface area contributed by atoms with Crippen molar-refractivity contribution in [3.63, 3.8) is 0 Å². The number of hydrogen-bond acceptors (Lipinski definition) is 4. The second-order valence-corrected chi connectivity index (χ2v) is 7.17. The fourth-order valence-corrected chi connectivity index (χ4v) is 3.47. The number of hydrogen-bond donors (Lipinski definition) is 3. The summed E-state index contributed by atoms with van der Waals surface area (Å²) in [5.41, 5.74) is 2.26. The number of rotatable bonds is 5. The zero-order chi connectivity index (χ0) is 20.1. The fourth-order valence-electron chi connectivity index (χ4n) is 2.67. The SMILES string of the molecule is O=C(Nc1ccccc1)Nc1ccc(C(=O)Nc2cccc(-n3ccnc3)c2)s1. The Bertz CT molecular complexity index is 1120. The van der Waals surface area contributed by atoms with Crippen molar-refractivity contribution in [3.8, 4) is 5.69 Å². The smallest absolute Gasteiger partial charge is 0.321 e. The fraction of sp³-hybridized carbons (Fsp3) is 0. The third-order valence-electron chi connectivity index (χ3n) is 4.00. The first-order valence-electron chi connectivity index (χ1n) is 8.80. The molecule has 0 unspecified atom stereocenters. The average molecular weight is 403 g/mol. The Labute approximate surface area is 171 Å². The first-order valence-corrected chi connectivity index (χ1v) is 9.62. The average Bonchev–Trinajstić information content (AvgIpc) is 3.41. The number of nitrogens with zero attached hydrogens (tertiary/aromatic N) is 2. The number of anilines is 3. The van der Waals surface area contributed by atoms with Crippen LogP contribution >= 0.6 is 11.3 Å². The number of nitrogens with one attached hydrogen (secondary N) is 3. The molecule has 4 rings (SSSR count). The third kappa shape index (κ3) is 4.69. The van der Waals surface area contributed by atoms with Crippen molar-refractivity contribution in [3.05, 3.63) is 90.3 Å². The maximum absolute atomic E-state index is 12.6. The molecular formula is C21H17N5O2S. The van der Waals surface area contributed by atoms with Crippen LogP contribution in [-0.4, -0.2) is 21.5 Å². The molecule has 0 spiro atoms. The van der Waals surface area contributed by atoms with E-state index in [-0.39, 0.29) is 11.9 Å². The Morgan fingerprint density at radius 2 is 1.69 bits per heavy atom. The molecule has 0 atom stereocenters. The van der Waals surface area contributed by atoms with Gasteiger partial charge in [-0.05, 0) is 42.5 Å². The molecule has 7 nitrogen and oxygen atoms in total. The molecule has 0 saturated heterocycles. The predicted octanol–water partition coefficient (Wildman–Crippen LogP) is 4.83. The van der Waals surface area contributed by atoms with Gasteiger partial charge in [0.1, 0.15) is 0 Å². The van der Waals surface area contributed by atoms with E-state index >= 15 is 0 Å². The molecule has 144 valence electrons. The zero-order valence-electron chi connectivity index (χ0n) is 15.2. The molecule has 4 aromatic rings. The van der Waals surface area contributed by atoms with Gasteiger partial charge in [-0.15, -0.1) is 11.3 Å². The highest BCUT2D eigenvalue weighted by atomic mass is 32.1. The van der Waals surface area contributed by atoms with Gasteiger partial charge >= 0.3 is 6.03 Å². The van der Waals surface area contributed by atoms with E-state index in [4.69, 9.17) is 0 Å². The van der Waals surface area contributed by atoms with E-state index < -0.39 is 0 Å². The van der Waals surface area contributed by atoms with Crippen molar-refractivity contribution in [1.29, 1.82) is 0 Å². The molecule has 0 aliphatic carbocycles. The van der Waals surface area contributed by atoms with Gasteiger partial charge in [0.05, 0.1) is 16.2 Å². The Hall–Kier alpha value is -3.91. The lowest BCUT2D eigenvalue weighted by Crippen LogP contribution is -2.18. The molecule has 3 N–H and O–H groups in total. The number of carbonyl (C=O) groups is 2. The van der Waals surface area contributed by atoms with Crippen molar-refractivity contribution in [2.24, 2.45) is 0 Å². The van der Waals surface area contributed by atoms with Gasteiger partial charge in [0.25, 0.3) is 5.91 Å². The highest BCUT2D eigenvalue weighted by Crippen LogP contribution is 2.24. The number of para-hydroxylation sites is 1. The highest BCUT2D eigenvalue weighted by Gasteiger charge is 2.12. The molecule has 0 saturated carbocycles. The maximum atomic E-state index is 12.6. The zero-order valence-corrected chi connectivity index (χ0v) is 16.0. The lowest BCUT2D eigenvalue weighted by Gasteiger charge is -2.07. The molecule has 0 aliphatic heterocycles. The van der Waals surface area contributed by atoms with E-state index in [9.17, 15) is 9.59 Å². The molecule has 8 heteroatoms. The summed E-state index contributed by atoms with van der Waals surface area (Å²) in [6.45, 7) is 0. The van der Waals surface area contributed by atoms with Gasteiger partial charge in [-0.1, -0.05) is 24.3 Å². The molecule has 2 heterocycles. The number of benzene rings is 2. The Morgan fingerprint density at radius 1 is 0.862 bits per heavy atom. The quantitative estimate of drug-likeness (QED) is 0.446. The number of carbonyl (C=O) groups excluding carboxylic acids is 2. The first-order chi connectivity index (χ1) is 14.2. The maximum Gasteiger partial charge on any atom is 0.324 e. The Kier molecular flexibility index (Phi) is 5.35. The number of thiophene rings is 1. The summed E-state index contributed by atoms with van der Waals surface area (Å²) < 4.78 is 1.86. The molecule has 0 bridgehead atoms. The molecule has 0 aliphatic rings. The van der Waals surface area contributed by atoms with Gasteiger partial charge in [0.15, 0.2) is 0 Å². The van der Waals surface area contributed by atoms with Crippen molar-refractivity contribution in [1.82, 2.24) is 9.55 Å². The molecule has 3 amide bonds. The molecule has 0 radical (unpaired) electrons. The second kappa shape index (κ2) is 8.41. The second-order valence-electron chi connectivity index (χ2n) is 6.08. The largest absolute Gasteiger partial charge is 0.324 e. The minimum atomic E-state index is -0.363. The van der Waals surface area contributed by atoms with Gasteiger partial charge in [-0.25, -0.2) is 9.78 Å². The number of aromatic nitrogens is 2. The normalized spacial score (nSPS) is 10.3. The molecule has 2 aromatic heterocycles. The van der Waals surface area contributed by atoms with Gasteiger partial charge in [-0.3, -0.25) is 10.1 Å². The van der Waals surface area contributed by atoms with E-state index in [1.165, 1.54) is 11.3 Å². The van der Waals surface area contributed by atoms with E-state index in [1.54, 1.807) is 36.8 Å². The van der Waals surface area contributed by atoms with E-state index in [2.05, 4.69) is 20.9 Å². The molecule has 2 aromatic carbocycles. The van der Waals surface area contributed by atoms with E-state index in [0.717, 1.165) is 5.69 Å². The summed E-state index contributed by atoms with van der Waals surface area (Å²) in [6, 6.07) is 19.6. The van der Waals surface area contributed by atoms with Crippen molar-refractivity contribution < 1.29 is 9.59 Å². The first kappa shape index (κ1) is 18.5. The summed E-state index contributed by atoms with van der Waals surface area (Å²) >= 11 is 1.20. The van der Waals surface area contributed by atoms with Crippen LogP contribution in [0.25, 0.3) is 5.69 Å². The lowest BCUT2D eigenvalue weighted by atomic mass is 10.2. The lowest BCUT2D eigenvalue weighted by molar-refractivity contribution is 0.103. The Morgan fingerprint density at radius 3 is 2.48 bits per heavy atom. The van der Waals surface area contributed by atoms with Crippen molar-refractivity contribution in [2.45, 2.75) is 0 Å². The van der Waals surface area contributed by atoms with Crippen LogP contribution in [0.4, 0.5) is 21.2 Å². The van der Waals surface area contributed by atoms with Gasteiger partial charge < -0.3 is 15.2 Å². The molecule has 0 fully saturated rings. The molecular weight excluding hydrogens is 386 g/mol. The topological polar surface area (TPSA) is 88.0 Å². The molecule has 29 heavy (non-hydrogen) atoms. The highest BCUT2D eigenvalue weighted by molar-refractivity contribution is 7.18. The van der Waals surface area contributed by atoms with E-state index in [0.29, 0.717) is 21.3 Å². The van der Waals surface area contributed by atoms with Gasteiger partial charge in [0, 0.05) is 29.5 Å². The number of imidazole rings is 1. The summed E-state index contributed by atoms with van der Waals surface area (Å²) in [5.74, 6) is -0.241. The number of amides is 3. The van der Waals surface area contributed by atoms with Crippen LogP contribution in [0, 0.1) is 0 Å². The summed E-state index contributed by atoms with van der Waals surface area (Å²) in [6.07, 6.45) is 5.22. The van der Waals surface area contributed by atoms with Crippen molar-refractivity contribution >= 4 is 39.7 Å². The van der Waals surface area contributed by atoms with Crippen LogP contribution in [0.2, 0.25) is 0 Å². The standard InChI is InChI=1S/C21H17N5O2S/c27-20(23-16-7-4-8-17(13-16)26-12-11-22-14-26)18-9-10-19(29-18)25-21(28)24-15-5-2-1-3-6-15/h1-14H,(H,23,27)(H2,24,25,28). The predicted molar refractivity (Wildman–Crippen MR) is 115 cm³/mol. The number of urea groups is 1. The third-order valence-corrected chi connectivity index (χ3v) is 5.00. The Balaban J connectivity index is 1.38. The van der Waals surface area contributed by atoms with Crippen LogP contribution in [0.15, 0.2) is 85.5 Å². The van der Waals surface area contributed by atoms with Crippen LogP contribution in [-0.2, 0) is 0 Å². The monoisotopic (exact) mass is 403 g/mol. The van der Waals surface area contributed by atoms with Crippen LogP contribution in [0.5, 0.6) is 0 Å². The summed E-state index contributed by atoms with van der Waals surface area (Å²) in [4.78, 5) is 29.2. The van der Waals surface area contributed by atoms with Crippen LogP contribution in [0.1, 0.15) is 9.67 Å². The van der Waals surface area contributed by atoms with Gasteiger partial charge in [-0.2, -0.15) is 0 Å².